The molecular formula is C11H16N2S2. The van der Waals surface area contributed by atoms with Crippen LogP contribution in [0.3, 0.4) is 0 Å². The zero-order valence-electron chi connectivity index (χ0n) is 8.99. The maximum absolute atomic E-state index is 5.64. The zero-order valence-corrected chi connectivity index (χ0v) is 10.6. The average Bonchev–Trinajstić information content (AvgIpc) is 2.26. The van der Waals surface area contributed by atoms with Crippen molar-refractivity contribution in [1.29, 1.82) is 0 Å². The maximum Gasteiger partial charge on any atom is 0.106 e. The van der Waals surface area contributed by atoms with Gasteiger partial charge in [0.25, 0.3) is 0 Å². The number of nitrogens with two attached hydrogens (primary N) is 1. The third-order valence-corrected chi connectivity index (χ3v) is 3.37. The van der Waals surface area contributed by atoms with E-state index in [2.05, 4.69) is 18.5 Å². The largest absolute Gasteiger partial charge is 0.389 e. The van der Waals surface area contributed by atoms with Crippen LogP contribution in [0.2, 0.25) is 0 Å². The molecule has 0 fully saturated rings. The number of thioether (sulfide) groups is 1. The van der Waals surface area contributed by atoms with Crippen molar-refractivity contribution in [2.45, 2.75) is 12.2 Å². The summed E-state index contributed by atoms with van der Waals surface area (Å²) in [6.07, 6.45) is 2.10. The molecule has 0 saturated carbocycles. The predicted octanol–water partition coefficient (Wildman–Crippen LogP) is 2.48. The molecule has 1 aromatic rings. The minimum Gasteiger partial charge on any atom is -0.389 e. The Bertz CT molecular complexity index is 339. The van der Waals surface area contributed by atoms with E-state index in [0.717, 1.165) is 17.8 Å². The number of anilines is 1. The van der Waals surface area contributed by atoms with Gasteiger partial charge in [0.2, 0.25) is 0 Å². The van der Waals surface area contributed by atoms with Gasteiger partial charge >= 0.3 is 0 Å². The van der Waals surface area contributed by atoms with Gasteiger partial charge in [-0.2, -0.15) is 11.8 Å². The first-order chi connectivity index (χ1) is 7.15. The highest BCUT2D eigenvalue weighted by atomic mass is 32.2. The third-order valence-electron chi connectivity index (χ3n) is 2.17. The highest BCUT2D eigenvalue weighted by Gasteiger charge is 2.05. The molecule has 0 spiro atoms. The van der Waals surface area contributed by atoms with Crippen molar-refractivity contribution in [2.24, 2.45) is 5.73 Å². The van der Waals surface area contributed by atoms with E-state index in [-0.39, 0.29) is 0 Å². The second-order valence-corrected chi connectivity index (χ2v) is 5.05. The molecule has 4 heteroatoms. The summed E-state index contributed by atoms with van der Waals surface area (Å²) in [6.45, 7) is 3.10. The predicted molar refractivity (Wildman–Crippen MR) is 73.8 cm³/mol. The molecule has 0 aliphatic carbocycles. The highest BCUT2D eigenvalue weighted by molar-refractivity contribution is 7.99. The van der Waals surface area contributed by atoms with Gasteiger partial charge in [0.1, 0.15) is 4.99 Å². The Morgan fingerprint density at radius 1 is 1.53 bits per heavy atom. The molecule has 0 bridgehead atoms. The minimum absolute atomic E-state index is 0.440. The number of para-hydroxylation sites is 1. The molecule has 1 rings (SSSR count). The van der Waals surface area contributed by atoms with Crippen LogP contribution in [0.25, 0.3) is 0 Å². The fourth-order valence-electron chi connectivity index (χ4n) is 1.19. The molecule has 0 aliphatic heterocycles. The molecule has 0 radical (unpaired) electrons. The molecule has 0 saturated heterocycles. The van der Waals surface area contributed by atoms with Crippen LogP contribution in [0.4, 0.5) is 5.69 Å². The third kappa shape index (κ3) is 3.72. The number of hydrogen-bond donors (Lipinski definition) is 2. The lowest BCUT2D eigenvalue weighted by Gasteiger charge is -2.13. The van der Waals surface area contributed by atoms with Crippen molar-refractivity contribution < 1.29 is 0 Å². The van der Waals surface area contributed by atoms with E-state index in [1.54, 1.807) is 0 Å². The second-order valence-electron chi connectivity index (χ2n) is 3.34. The Hall–Kier alpha value is -0.740. The quantitative estimate of drug-likeness (QED) is 0.776. The first kappa shape index (κ1) is 12.3. The second kappa shape index (κ2) is 5.98. The topological polar surface area (TPSA) is 38.0 Å². The van der Waals surface area contributed by atoms with Gasteiger partial charge in [-0.25, -0.2) is 0 Å². The van der Waals surface area contributed by atoms with Crippen LogP contribution >= 0.6 is 24.0 Å². The van der Waals surface area contributed by atoms with Gasteiger partial charge in [-0.05, 0) is 18.4 Å². The SMILES string of the molecule is CSC(C)CNc1ccccc1C(N)=S. The Morgan fingerprint density at radius 3 is 2.80 bits per heavy atom. The van der Waals surface area contributed by atoms with E-state index in [0.29, 0.717) is 10.2 Å². The Labute approximate surface area is 101 Å². The molecule has 0 aliphatic rings. The molecule has 15 heavy (non-hydrogen) atoms. The average molecular weight is 240 g/mol. The summed E-state index contributed by atoms with van der Waals surface area (Å²) >= 11 is 6.82. The number of hydrogen-bond acceptors (Lipinski definition) is 3. The van der Waals surface area contributed by atoms with Crippen LogP contribution in [0.15, 0.2) is 24.3 Å². The number of benzene rings is 1. The van der Waals surface area contributed by atoms with E-state index in [1.165, 1.54) is 0 Å². The van der Waals surface area contributed by atoms with Crippen molar-refractivity contribution in [3.8, 4) is 0 Å². The van der Waals surface area contributed by atoms with Crippen LogP contribution in [-0.2, 0) is 0 Å². The van der Waals surface area contributed by atoms with Crippen molar-refractivity contribution in [3.05, 3.63) is 29.8 Å². The summed E-state index contributed by atoms with van der Waals surface area (Å²) < 4.78 is 0. The van der Waals surface area contributed by atoms with Gasteiger partial charge < -0.3 is 11.1 Å². The normalized spacial score (nSPS) is 12.1. The Morgan fingerprint density at radius 2 is 2.20 bits per heavy atom. The lowest BCUT2D eigenvalue weighted by Crippen LogP contribution is -2.17. The highest BCUT2D eigenvalue weighted by Crippen LogP contribution is 2.16. The zero-order chi connectivity index (χ0) is 11.3. The first-order valence-corrected chi connectivity index (χ1v) is 6.50. The molecule has 3 N–H and O–H groups in total. The summed E-state index contributed by atoms with van der Waals surface area (Å²) in [5.74, 6) is 0. The van der Waals surface area contributed by atoms with E-state index < -0.39 is 0 Å². The van der Waals surface area contributed by atoms with Gasteiger partial charge in [0.15, 0.2) is 0 Å². The summed E-state index contributed by atoms with van der Waals surface area (Å²) in [6, 6.07) is 7.86. The van der Waals surface area contributed by atoms with E-state index in [1.807, 2.05) is 36.0 Å². The maximum atomic E-state index is 5.64. The molecule has 0 amide bonds. The van der Waals surface area contributed by atoms with Crippen molar-refractivity contribution in [3.63, 3.8) is 0 Å². The van der Waals surface area contributed by atoms with Gasteiger partial charge in [0, 0.05) is 23.0 Å². The Balaban J connectivity index is 2.72. The molecule has 1 atom stereocenters. The van der Waals surface area contributed by atoms with Crippen molar-refractivity contribution in [2.75, 3.05) is 18.1 Å². The lowest BCUT2D eigenvalue weighted by molar-refractivity contribution is 1.00. The molecule has 0 heterocycles. The van der Waals surface area contributed by atoms with Crippen LogP contribution in [0, 0.1) is 0 Å². The number of thiocarbonyl (C=S) groups is 1. The minimum atomic E-state index is 0.440. The molecule has 1 aromatic carbocycles. The lowest BCUT2D eigenvalue weighted by atomic mass is 10.2. The summed E-state index contributed by atoms with van der Waals surface area (Å²) in [5.41, 5.74) is 7.58. The van der Waals surface area contributed by atoms with Crippen molar-refractivity contribution >= 4 is 34.7 Å². The van der Waals surface area contributed by atoms with Crippen LogP contribution in [0.5, 0.6) is 0 Å². The van der Waals surface area contributed by atoms with Gasteiger partial charge in [-0.15, -0.1) is 0 Å². The first-order valence-electron chi connectivity index (χ1n) is 4.80. The smallest absolute Gasteiger partial charge is 0.106 e. The van der Waals surface area contributed by atoms with Gasteiger partial charge in [0.05, 0.1) is 0 Å². The van der Waals surface area contributed by atoms with E-state index in [4.69, 9.17) is 18.0 Å². The molecule has 1 unspecified atom stereocenters. The summed E-state index contributed by atoms with van der Waals surface area (Å²) in [4.78, 5) is 0.440. The molecular weight excluding hydrogens is 224 g/mol. The molecule has 82 valence electrons. The van der Waals surface area contributed by atoms with Gasteiger partial charge in [-0.1, -0.05) is 31.3 Å². The van der Waals surface area contributed by atoms with Crippen LogP contribution in [0.1, 0.15) is 12.5 Å². The number of nitrogens with one attached hydrogen (secondary N) is 1. The number of rotatable bonds is 5. The van der Waals surface area contributed by atoms with E-state index >= 15 is 0 Å². The molecule has 0 aromatic heterocycles. The Kier molecular flexibility index (Phi) is 4.91. The monoisotopic (exact) mass is 240 g/mol. The standard InChI is InChI=1S/C11H16N2S2/c1-8(15-2)7-13-10-6-4-3-5-9(10)11(12)14/h3-6,8,13H,7H2,1-2H3,(H2,12,14). The van der Waals surface area contributed by atoms with E-state index in [9.17, 15) is 0 Å². The van der Waals surface area contributed by atoms with Gasteiger partial charge in [-0.3, -0.25) is 0 Å². The van der Waals surface area contributed by atoms with Crippen LogP contribution in [-0.4, -0.2) is 23.0 Å². The fourth-order valence-corrected chi connectivity index (χ4v) is 1.62. The molecule has 2 nitrogen and oxygen atoms in total. The van der Waals surface area contributed by atoms with Crippen LogP contribution < -0.4 is 11.1 Å². The summed E-state index contributed by atoms with van der Waals surface area (Å²) in [5, 5.41) is 3.93. The van der Waals surface area contributed by atoms with Crippen molar-refractivity contribution in [1.82, 2.24) is 0 Å². The summed E-state index contributed by atoms with van der Waals surface area (Å²) in [7, 11) is 0. The fraction of sp³-hybridized carbons (Fsp3) is 0.364.